The highest BCUT2D eigenvalue weighted by Gasteiger charge is 2.32. The number of nitrogens with one attached hydrogen (secondary N) is 2. The third-order valence-electron chi connectivity index (χ3n) is 2.19. The molecule has 0 aliphatic carbocycles. The van der Waals surface area contributed by atoms with Gasteiger partial charge in [0.2, 0.25) is 0 Å². The van der Waals surface area contributed by atoms with Crippen LogP contribution in [0.25, 0.3) is 0 Å². The Morgan fingerprint density at radius 1 is 1.50 bits per heavy atom. The van der Waals surface area contributed by atoms with Gasteiger partial charge in [0.05, 0.1) is 6.04 Å². The van der Waals surface area contributed by atoms with Gasteiger partial charge in [-0.15, -0.1) is 0 Å². The number of alkyl halides is 2. The van der Waals surface area contributed by atoms with Gasteiger partial charge in [-0.2, -0.15) is 0 Å². The summed E-state index contributed by atoms with van der Waals surface area (Å²) in [6, 6.07) is -1.12. The minimum Gasteiger partial charge on any atom is -0.444 e. The third kappa shape index (κ3) is 4.30. The first-order chi connectivity index (χ1) is 7.28. The molecule has 1 heterocycles. The van der Waals surface area contributed by atoms with E-state index in [9.17, 15) is 13.6 Å². The standard InChI is InChI=1S/C10H18F2N2O2/c1-10(2,3)16-9(15)14-6-4-7(8(11)12)13-5-6/h6-8,13H,4-5H2,1-3H3,(H,14,15)/t6-,7+/m1/s1. The van der Waals surface area contributed by atoms with Gasteiger partial charge < -0.3 is 15.4 Å². The maximum absolute atomic E-state index is 12.3. The molecule has 0 aromatic carbocycles. The minimum atomic E-state index is -2.40. The van der Waals surface area contributed by atoms with Crippen molar-refractivity contribution >= 4 is 6.09 Å². The van der Waals surface area contributed by atoms with E-state index in [4.69, 9.17) is 4.74 Å². The Balaban J connectivity index is 2.32. The molecule has 1 amide bonds. The van der Waals surface area contributed by atoms with Gasteiger partial charge in [0.25, 0.3) is 6.43 Å². The average Bonchev–Trinajstić information content (AvgIpc) is 2.48. The Morgan fingerprint density at radius 2 is 2.12 bits per heavy atom. The maximum atomic E-state index is 12.3. The van der Waals surface area contributed by atoms with E-state index in [0.717, 1.165) is 0 Å². The zero-order valence-electron chi connectivity index (χ0n) is 9.72. The van der Waals surface area contributed by atoms with E-state index < -0.39 is 24.2 Å². The summed E-state index contributed by atoms with van der Waals surface area (Å²) in [5.74, 6) is 0. The van der Waals surface area contributed by atoms with Crippen LogP contribution in [-0.2, 0) is 4.74 Å². The summed E-state index contributed by atoms with van der Waals surface area (Å²) in [5, 5.41) is 5.22. The Bertz CT molecular complexity index is 254. The first-order valence-corrected chi connectivity index (χ1v) is 5.29. The Morgan fingerprint density at radius 3 is 2.56 bits per heavy atom. The molecule has 1 rings (SSSR count). The summed E-state index contributed by atoms with van der Waals surface area (Å²) < 4.78 is 29.7. The van der Waals surface area contributed by atoms with E-state index >= 15 is 0 Å². The number of carbonyl (C=O) groups is 1. The van der Waals surface area contributed by atoms with Gasteiger partial charge in [-0.05, 0) is 27.2 Å². The van der Waals surface area contributed by atoms with Gasteiger partial charge in [-0.3, -0.25) is 0 Å². The van der Waals surface area contributed by atoms with Crippen LogP contribution in [0.1, 0.15) is 27.2 Å². The van der Waals surface area contributed by atoms with Crippen molar-refractivity contribution in [1.82, 2.24) is 10.6 Å². The average molecular weight is 236 g/mol. The molecule has 1 aliphatic rings. The molecule has 1 saturated heterocycles. The second-order valence-corrected chi connectivity index (χ2v) is 4.93. The fraction of sp³-hybridized carbons (Fsp3) is 0.900. The third-order valence-corrected chi connectivity index (χ3v) is 2.19. The Labute approximate surface area is 93.7 Å². The molecule has 2 N–H and O–H groups in total. The van der Waals surface area contributed by atoms with Crippen molar-refractivity contribution < 1.29 is 18.3 Å². The number of ether oxygens (including phenoxy) is 1. The summed E-state index contributed by atoms with van der Waals surface area (Å²) in [6.07, 6.45) is -2.73. The zero-order chi connectivity index (χ0) is 12.3. The molecule has 0 bridgehead atoms. The maximum Gasteiger partial charge on any atom is 0.407 e. The monoisotopic (exact) mass is 236 g/mol. The molecule has 0 unspecified atom stereocenters. The molecule has 16 heavy (non-hydrogen) atoms. The van der Waals surface area contributed by atoms with E-state index in [-0.39, 0.29) is 12.5 Å². The first-order valence-electron chi connectivity index (χ1n) is 5.29. The fourth-order valence-electron chi connectivity index (χ4n) is 1.54. The molecule has 4 nitrogen and oxygen atoms in total. The van der Waals surface area contributed by atoms with Crippen LogP contribution < -0.4 is 10.6 Å². The van der Waals surface area contributed by atoms with Crippen molar-refractivity contribution in [1.29, 1.82) is 0 Å². The summed E-state index contributed by atoms with van der Waals surface area (Å²) in [4.78, 5) is 11.3. The molecule has 1 aliphatic heterocycles. The quantitative estimate of drug-likeness (QED) is 0.764. The van der Waals surface area contributed by atoms with Crippen molar-refractivity contribution in [2.24, 2.45) is 0 Å². The van der Waals surface area contributed by atoms with Crippen LogP contribution >= 0.6 is 0 Å². The molecule has 0 saturated carbocycles. The normalized spacial score (nSPS) is 25.9. The van der Waals surface area contributed by atoms with Gasteiger partial charge in [0, 0.05) is 12.6 Å². The molecular formula is C10H18F2N2O2. The molecular weight excluding hydrogens is 218 g/mol. The predicted molar refractivity (Wildman–Crippen MR) is 55.6 cm³/mol. The van der Waals surface area contributed by atoms with E-state index in [0.29, 0.717) is 6.54 Å². The molecule has 94 valence electrons. The van der Waals surface area contributed by atoms with Crippen LogP contribution in [0.5, 0.6) is 0 Å². The lowest BCUT2D eigenvalue weighted by molar-refractivity contribution is 0.0503. The molecule has 0 spiro atoms. The lowest BCUT2D eigenvalue weighted by atomic mass is 10.2. The van der Waals surface area contributed by atoms with Crippen LogP contribution in [0.4, 0.5) is 13.6 Å². The van der Waals surface area contributed by atoms with Crippen molar-refractivity contribution in [3.05, 3.63) is 0 Å². The number of halogens is 2. The van der Waals surface area contributed by atoms with Crippen LogP contribution in [0, 0.1) is 0 Å². The summed E-state index contributed by atoms with van der Waals surface area (Å²) in [7, 11) is 0. The van der Waals surface area contributed by atoms with Crippen molar-refractivity contribution in [3.63, 3.8) is 0 Å². The highest BCUT2D eigenvalue weighted by atomic mass is 19.3. The van der Waals surface area contributed by atoms with Gasteiger partial charge in [0.1, 0.15) is 5.60 Å². The summed E-state index contributed by atoms with van der Waals surface area (Å²) >= 11 is 0. The topological polar surface area (TPSA) is 50.4 Å². The van der Waals surface area contributed by atoms with Crippen LogP contribution in [0.2, 0.25) is 0 Å². The van der Waals surface area contributed by atoms with Gasteiger partial charge in [-0.1, -0.05) is 0 Å². The molecule has 0 radical (unpaired) electrons. The second-order valence-electron chi connectivity index (χ2n) is 4.93. The molecule has 2 atom stereocenters. The number of hydrogen-bond donors (Lipinski definition) is 2. The smallest absolute Gasteiger partial charge is 0.407 e. The van der Waals surface area contributed by atoms with E-state index in [1.54, 1.807) is 20.8 Å². The van der Waals surface area contributed by atoms with Crippen LogP contribution in [-0.4, -0.2) is 36.7 Å². The summed E-state index contributed by atoms with van der Waals surface area (Å²) in [5.41, 5.74) is -0.571. The highest BCUT2D eigenvalue weighted by molar-refractivity contribution is 5.68. The molecule has 0 aromatic rings. The second kappa shape index (κ2) is 4.95. The van der Waals surface area contributed by atoms with Gasteiger partial charge in [0.15, 0.2) is 0 Å². The number of hydrogen-bond acceptors (Lipinski definition) is 3. The largest absolute Gasteiger partial charge is 0.444 e. The SMILES string of the molecule is CC(C)(C)OC(=O)N[C@H]1CN[C@H](C(F)F)C1. The van der Waals surface area contributed by atoms with E-state index in [1.807, 2.05) is 0 Å². The van der Waals surface area contributed by atoms with E-state index in [1.165, 1.54) is 0 Å². The van der Waals surface area contributed by atoms with Crippen molar-refractivity contribution in [2.45, 2.75) is 51.3 Å². The van der Waals surface area contributed by atoms with Gasteiger partial charge >= 0.3 is 6.09 Å². The fourth-order valence-corrected chi connectivity index (χ4v) is 1.54. The molecule has 6 heteroatoms. The zero-order valence-corrected chi connectivity index (χ0v) is 9.72. The Hall–Kier alpha value is -0.910. The highest BCUT2D eigenvalue weighted by Crippen LogP contribution is 2.14. The number of rotatable bonds is 2. The lowest BCUT2D eigenvalue weighted by Gasteiger charge is -2.21. The van der Waals surface area contributed by atoms with Crippen molar-refractivity contribution in [3.8, 4) is 0 Å². The minimum absolute atomic E-state index is 0.233. The number of carbonyl (C=O) groups excluding carboxylic acids is 1. The predicted octanol–water partition coefficient (Wildman–Crippen LogP) is 1.51. The Kier molecular flexibility index (Phi) is 4.07. The van der Waals surface area contributed by atoms with Crippen LogP contribution in [0.3, 0.4) is 0 Å². The number of amides is 1. The van der Waals surface area contributed by atoms with Crippen molar-refractivity contribution in [2.75, 3.05) is 6.54 Å². The lowest BCUT2D eigenvalue weighted by Crippen LogP contribution is -2.40. The van der Waals surface area contributed by atoms with Crippen LogP contribution in [0.15, 0.2) is 0 Å². The first kappa shape index (κ1) is 13.2. The summed E-state index contributed by atoms with van der Waals surface area (Å²) in [6.45, 7) is 5.61. The molecule has 0 aromatic heterocycles. The number of alkyl carbamates (subject to hydrolysis) is 1. The van der Waals surface area contributed by atoms with E-state index in [2.05, 4.69) is 10.6 Å². The van der Waals surface area contributed by atoms with Gasteiger partial charge in [-0.25, -0.2) is 13.6 Å². The molecule has 1 fully saturated rings.